The number of carbonyl (C=O) groups is 2. The normalized spacial score (nSPS) is 18.7. The first kappa shape index (κ1) is 21.5. The molecular weight excluding hydrogens is 414 g/mol. The number of carbonyl (C=O) groups excluding carboxylic acids is 2. The van der Waals surface area contributed by atoms with E-state index in [1.807, 2.05) is 18.2 Å². The summed E-state index contributed by atoms with van der Waals surface area (Å²) in [5.41, 5.74) is 1.69. The third kappa shape index (κ3) is 4.22. The molecule has 2 aromatic carbocycles. The van der Waals surface area contributed by atoms with Crippen LogP contribution in [0.1, 0.15) is 31.7 Å². The van der Waals surface area contributed by atoms with E-state index < -0.39 is 10.0 Å². The molecule has 0 N–H and O–H groups in total. The van der Waals surface area contributed by atoms with Crippen molar-refractivity contribution in [1.29, 1.82) is 0 Å². The number of hydrogen-bond donors (Lipinski definition) is 0. The summed E-state index contributed by atoms with van der Waals surface area (Å²) < 4.78 is 27.5. The van der Waals surface area contributed by atoms with Crippen LogP contribution in [0.15, 0.2) is 59.5 Å². The lowest BCUT2D eigenvalue weighted by Crippen LogP contribution is -2.48. The third-order valence-electron chi connectivity index (χ3n) is 5.97. The quantitative estimate of drug-likeness (QED) is 0.645. The number of hydrogen-bond acceptors (Lipinski definition) is 4. The first-order valence-electron chi connectivity index (χ1n) is 10.7. The van der Waals surface area contributed by atoms with Crippen LogP contribution in [-0.2, 0) is 21.2 Å². The van der Waals surface area contributed by atoms with Crippen LogP contribution in [0.3, 0.4) is 0 Å². The standard InChI is InChI=1S/C23H27N3O4S/c1-2-6-18-9-11-21(12-10-18)31(29,30)24-15-13-19(14-16-24)25-17-22(27)26(23(25)28)20-7-4-3-5-8-20/h3-5,7-12,19H,2,6,13-17H2,1H3. The Bertz CT molecular complexity index is 1050. The van der Waals surface area contributed by atoms with Gasteiger partial charge >= 0.3 is 6.03 Å². The minimum atomic E-state index is -3.57. The first-order chi connectivity index (χ1) is 14.9. The van der Waals surface area contributed by atoms with Crippen LogP contribution in [0.25, 0.3) is 0 Å². The Morgan fingerprint density at radius 1 is 0.935 bits per heavy atom. The van der Waals surface area contributed by atoms with Gasteiger partial charge in [-0.2, -0.15) is 4.31 Å². The fourth-order valence-electron chi connectivity index (χ4n) is 4.30. The number of imide groups is 1. The molecule has 2 aliphatic rings. The molecular formula is C23H27N3O4S. The van der Waals surface area contributed by atoms with Gasteiger partial charge in [-0.25, -0.2) is 18.1 Å². The molecule has 2 saturated heterocycles. The molecule has 0 radical (unpaired) electrons. The zero-order valence-corrected chi connectivity index (χ0v) is 18.4. The van der Waals surface area contributed by atoms with Crippen LogP contribution in [0, 0.1) is 0 Å². The first-order valence-corrected chi connectivity index (χ1v) is 12.1. The van der Waals surface area contributed by atoms with Crippen molar-refractivity contribution in [3.05, 3.63) is 60.2 Å². The van der Waals surface area contributed by atoms with Crippen LogP contribution in [-0.4, -0.2) is 55.2 Å². The molecule has 2 aliphatic heterocycles. The number of sulfonamides is 1. The Hall–Kier alpha value is -2.71. The Kier molecular flexibility index (Phi) is 6.11. The minimum absolute atomic E-state index is 0.0318. The highest BCUT2D eigenvalue weighted by atomic mass is 32.2. The Labute approximate surface area is 183 Å². The lowest BCUT2D eigenvalue weighted by atomic mass is 10.1. The second-order valence-corrected chi connectivity index (χ2v) is 9.94. The number of anilines is 1. The summed E-state index contributed by atoms with van der Waals surface area (Å²) in [6.07, 6.45) is 2.96. The molecule has 0 bridgehead atoms. The average Bonchev–Trinajstić information content (AvgIpc) is 3.09. The van der Waals surface area contributed by atoms with E-state index in [1.54, 1.807) is 41.3 Å². The van der Waals surface area contributed by atoms with E-state index in [1.165, 1.54) is 9.21 Å². The fourth-order valence-corrected chi connectivity index (χ4v) is 5.77. The van der Waals surface area contributed by atoms with Gasteiger partial charge in [-0.05, 0) is 49.1 Å². The lowest BCUT2D eigenvalue weighted by molar-refractivity contribution is -0.116. The molecule has 31 heavy (non-hydrogen) atoms. The SMILES string of the molecule is CCCc1ccc(S(=O)(=O)N2CCC(N3CC(=O)N(c4ccccc4)C3=O)CC2)cc1. The summed E-state index contributed by atoms with van der Waals surface area (Å²) in [7, 11) is -3.57. The maximum Gasteiger partial charge on any atom is 0.332 e. The number of aryl methyl sites for hydroxylation is 1. The molecule has 2 heterocycles. The molecule has 0 spiro atoms. The molecule has 0 saturated carbocycles. The smallest absolute Gasteiger partial charge is 0.312 e. The number of nitrogens with zero attached hydrogens (tertiary/aromatic N) is 3. The number of urea groups is 1. The summed E-state index contributed by atoms with van der Waals surface area (Å²) in [5.74, 6) is -0.251. The summed E-state index contributed by atoms with van der Waals surface area (Å²) in [4.78, 5) is 28.5. The summed E-state index contributed by atoms with van der Waals surface area (Å²) in [5, 5.41) is 0. The van der Waals surface area contributed by atoms with Crippen molar-refractivity contribution in [2.45, 2.75) is 43.5 Å². The van der Waals surface area contributed by atoms with Gasteiger partial charge in [0.1, 0.15) is 6.54 Å². The largest absolute Gasteiger partial charge is 0.332 e. The molecule has 2 aromatic rings. The molecule has 0 aromatic heterocycles. The Morgan fingerprint density at radius 3 is 2.19 bits per heavy atom. The van der Waals surface area contributed by atoms with Crippen molar-refractivity contribution >= 4 is 27.6 Å². The van der Waals surface area contributed by atoms with Crippen molar-refractivity contribution in [2.75, 3.05) is 24.5 Å². The lowest BCUT2D eigenvalue weighted by Gasteiger charge is -2.35. The van der Waals surface area contributed by atoms with Gasteiger partial charge in [0, 0.05) is 19.1 Å². The maximum atomic E-state index is 13.0. The highest BCUT2D eigenvalue weighted by Crippen LogP contribution is 2.28. The van der Waals surface area contributed by atoms with Crippen molar-refractivity contribution < 1.29 is 18.0 Å². The van der Waals surface area contributed by atoms with Crippen LogP contribution in [0.5, 0.6) is 0 Å². The molecule has 3 amide bonds. The molecule has 0 atom stereocenters. The van der Waals surface area contributed by atoms with Gasteiger partial charge in [-0.15, -0.1) is 0 Å². The van der Waals surface area contributed by atoms with E-state index in [4.69, 9.17) is 0 Å². The van der Waals surface area contributed by atoms with Gasteiger partial charge in [-0.3, -0.25) is 4.79 Å². The van der Waals surface area contributed by atoms with Gasteiger partial charge < -0.3 is 4.90 Å². The second kappa shape index (κ2) is 8.80. The molecule has 8 heteroatoms. The van der Waals surface area contributed by atoms with Crippen molar-refractivity contribution in [3.63, 3.8) is 0 Å². The molecule has 4 rings (SSSR count). The highest BCUT2D eigenvalue weighted by Gasteiger charge is 2.42. The van der Waals surface area contributed by atoms with E-state index in [0.29, 0.717) is 36.5 Å². The van der Waals surface area contributed by atoms with E-state index in [2.05, 4.69) is 6.92 Å². The number of rotatable bonds is 6. The van der Waals surface area contributed by atoms with E-state index in [9.17, 15) is 18.0 Å². The molecule has 0 unspecified atom stereocenters. The monoisotopic (exact) mass is 441 g/mol. The van der Waals surface area contributed by atoms with Crippen molar-refractivity contribution in [1.82, 2.24) is 9.21 Å². The third-order valence-corrected chi connectivity index (χ3v) is 7.88. The predicted molar refractivity (Wildman–Crippen MR) is 118 cm³/mol. The Morgan fingerprint density at radius 2 is 1.58 bits per heavy atom. The van der Waals surface area contributed by atoms with Crippen molar-refractivity contribution in [3.8, 4) is 0 Å². The van der Waals surface area contributed by atoms with E-state index in [0.717, 1.165) is 18.4 Å². The van der Waals surface area contributed by atoms with E-state index in [-0.39, 0.29) is 24.5 Å². The molecule has 2 fully saturated rings. The summed E-state index contributed by atoms with van der Waals surface area (Å²) in [6.45, 7) is 2.77. The van der Waals surface area contributed by atoms with Gasteiger partial charge in [0.25, 0.3) is 5.91 Å². The maximum absolute atomic E-state index is 13.0. The van der Waals surface area contributed by atoms with Crippen LogP contribution in [0.4, 0.5) is 10.5 Å². The second-order valence-electron chi connectivity index (χ2n) is 8.00. The van der Waals surface area contributed by atoms with Crippen LogP contribution >= 0.6 is 0 Å². The van der Waals surface area contributed by atoms with Gasteiger partial charge in [0.2, 0.25) is 10.0 Å². The number of amides is 3. The topological polar surface area (TPSA) is 78.0 Å². The Balaban J connectivity index is 1.41. The van der Waals surface area contributed by atoms with Crippen LogP contribution in [0.2, 0.25) is 0 Å². The average molecular weight is 442 g/mol. The predicted octanol–water partition coefficient (Wildman–Crippen LogP) is 3.26. The molecule has 7 nitrogen and oxygen atoms in total. The number of benzene rings is 2. The summed E-state index contributed by atoms with van der Waals surface area (Å²) >= 11 is 0. The zero-order valence-electron chi connectivity index (χ0n) is 17.6. The van der Waals surface area contributed by atoms with Gasteiger partial charge in [-0.1, -0.05) is 43.7 Å². The summed E-state index contributed by atoms with van der Waals surface area (Å²) in [6, 6.07) is 15.5. The van der Waals surface area contributed by atoms with E-state index >= 15 is 0 Å². The zero-order chi connectivity index (χ0) is 22.0. The minimum Gasteiger partial charge on any atom is -0.312 e. The van der Waals surface area contributed by atoms with Crippen molar-refractivity contribution in [2.24, 2.45) is 0 Å². The fraction of sp³-hybridized carbons (Fsp3) is 0.391. The molecule has 0 aliphatic carbocycles. The van der Waals surface area contributed by atoms with Gasteiger partial charge in [0.05, 0.1) is 10.6 Å². The molecule has 164 valence electrons. The number of para-hydroxylation sites is 1. The van der Waals surface area contributed by atoms with Crippen LogP contribution < -0.4 is 4.90 Å². The highest BCUT2D eigenvalue weighted by molar-refractivity contribution is 7.89. The number of piperidine rings is 1. The van der Waals surface area contributed by atoms with Gasteiger partial charge in [0.15, 0.2) is 0 Å².